The molecule has 2 N–H and O–H groups in total. The Kier molecular flexibility index (Phi) is 8.57. The second-order valence-electron chi connectivity index (χ2n) is 8.94. The average molecular weight is 468 g/mol. The molecule has 0 aromatic carbocycles. The van der Waals surface area contributed by atoms with Crippen molar-refractivity contribution in [1.29, 1.82) is 5.26 Å². The highest BCUT2D eigenvalue weighted by atomic mass is 16.5. The van der Waals surface area contributed by atoms with Crippen LogP contribution in [0, 0.1) is 16.7 Å². The highest BCUT2D eigenvalue weighted by Crippen LogP contribution is 2.30. The van der Waals surface area contributed by atoms with Crippen molar-refractivity contribution in [1.82, 2.24) is 25.3 Å². The minimum Gasteiger partial charge on any atom is -0.476 e. The number of methoxy groups -OCH3 is 1. The molecule has 0 amide bonds. The lowest BCUT2D eigenvalue weighted by Crippen LogP contribution is -2.38. The largest absolute Gasteiger partial charge is 0.476 e. The van der Waals surface area contributed by atoms with E-state index >= 15 is 0 Å². The summed E-state index contributed by atoms with van der Waals surface area (Å²) in [5.74, 6) is 1.66. The van der Waals surface area contributed by atoms with Crippen molar-refractivity contribution in [3.05, 3.63) is 24.7 Å². The zero-order valence-electron chi connectivity index (χ0n) is 19.7. The van der Waals surface area contributed by atoms with Crippen LogP contribution in [0.1, 0.15) is 38.5 Å². The van der Waals surface area contributed by atoms with Crippen molar-refractivity contribution in [2.24, 2.45) is 5.41 Å². The average Bonchev–Trinajstić information content (AvgIpc) is 2.90. The number of anilines is 1. The van der Waals surface area contributed by atoms with Crippen LogP contribution >= 0.6 is 0 Å². The van der Waals surface area contributed by atoms with Gasteiger partial charge in [-0.3, -0.25) is 0 Å². The fourth-order valence-electron chi connectivity index (χ4n) is 4.38. The van der Waals surface area contributed by atoms with Gasteiger partial charge in [0.15, 0.2) is 5.82 Å². The van der Waals surface area contributed by atoms with Gasteiger partial charge in [-0.05, 0) is 38.5 Å². The summed E-state index contributed by atoms with van der Waals surface area (Å²) in [5.41, 5.74) is 0.0900. The van der Waals surface area contributed by atoms with E-state index in [0.717, 1.165) is 44.7 Å². The molecular weight excluding hydrogens is 434 g/mol. The Morgan fingerprint density at radius 1 is 1.15 bits per heavy atom. The molecule has 0 atom stereocenters. The monoisotopic (exact) mass is 467 g/mol. The molecule has 1 saturated heterocycles. The van der Waals surface area contributed by atoms with E-state index in [2.05, 4.69) is 36.6 Å². The Morgan fingerprint density at radius 2 is 1.94 bits per heavy atom. The molecule has 0 unspecified atom stereocenters. The number of rotatable bonds is 10. The third-order valence-corrected chi connectivity index (χ3v) is 6.53. The summed E-state index contributed by atoms with van der Waals surface area (Å²) < 4.78 is 16.4. The lowest BCUT2D eigenvalue weighted by molar-refractivity contribution is 0.0183. The van der Waals surface area contributed by atoms with Crippen molar-refractivity contribution in [2.45, 2.75) is 50.6 Å². The standard InChI is InChI=1S/C24H33N7O3/c1-32-13-10-26-18-2-4-19(5-3-18)30-21-14-20(28-17-29-21)23-27-9-6-22(31-23)34-16-24(15-25)7-11-33-12-8-24/h6,9,14,17-19,26H,2-5,7-8,10-13,16H2,1H3,(H,28,29,30). The lowest BCUT2D eigenvalue weighted by Gasteiger charge is -2.30. The summed E-state index contributed by atoms with van der Waals surface area (Å²) in [4.78, 5) is 17.6. The summed E-state index contributed by atoms with van der Waals surface area (Å²) in [6.07, 6.45) is 8.90. The molecule has 1 aliphatic heterocycles. The van der Waals surface area contributed by atoms with Crippen molar-refractivity contribution < 1.29 is 14.2 Å². The summed E-state index contributed by atoms with van der Waals surface area (Å²) in [7, 11) is 1.73. The summed E-state index contributed by atoms with van der Waals surface area (Å²) >= 11 is 0. The molecular formula is C24H33N7O3. The molecule has 10 heteroatoms. The van der Waals surface area contributed by atoms with Gasteiger partial charge in [-0.2, -0.15) is 10.2 Å². The molecule has 2 aromatic heterocycles. The van der Waals surface area contributed by atoms with Crippen molar-refractivity contribution in [2.75, 3.05) is 45.4 Å². The molecule has 1 aliphatic carbocycles. The van der Waals surface area contributed by atoms with Crippen molar-refractivity contribution >= 4 is 5.82 Å². The zero-order valence-corrected chi connectivity index (χ0v) is 19.7. The molecule has 0 radical (unpaired) electrons. The molecule has 3 heterocycles. The Bertz CT molecular complexity index is 954. The maximum absolute atomic E-state index is 9.63. The Hall–Kier alpha value is -2.87. The normalized spacial score (nSPS) is 22.0. The predicted molar refractivity (Wildman–Crippen MR) is 126 cm³/mol. The number of hydrogen-bond donors (Lipinski definition) is 2. The van der Waals surface area contributed by atoms with Gasteiger partial charge in [-0.1, -0.05) is 0 Å². The number of aromatic nitrogens is 4. The van der Waals surface area contributed by atoms with Crippen LogP contribution in [0.3, 0.4) is 0 Å². The second kappa shape index (κ2) is 12.0. The fraction of sp³-hybridized carbons (Fsp3) is 0.625. The predicted octanol–water partition coefficient (Wildman–Crippen LogP) is 2.59. The number of nitrogens with zero attached hydrogens (tertiary/aromatic N) is 5. The second-order valence-corrected chi connectivity index (χ2v) is 8.94. The van der Waals surface area contributed by atoms with Crippen LogP contribution in [-0.2, 0) is 9.47 Å². The van der Waals surface area contributed by atoms with E-state index in [1.807, 2.05) is 6.07 Å². The number of hydrogen-bond acceptors (Lipinski definition) is 10. The Morgan fingerprint density at radius 3 is 2.71 bits per heavy atom. The van der Waals surface area contributed by atoms with Gasteiger partial charge in [0.25, 0.3) is 0 Å². The van der Waals surface area contributed by atoms with Gasteiger partial charge in [0.05, 0.1) is 18.1 Å². The van der Waals surface area contributed by atoms with Crippen molar-refractivity contribution in [3.63, 3.8) is 0 Å². The van der Waals surface area contributed by atoms with E-state index in [1.165, 1.54) is 6.33 Å². The minimum absolute atomic E-state index is 0.281. The highest BCUT2D eigenvalue weighted by Gasteiger charge is 2.34. The Labute approximate surface area is 200 Å². The fourth-order valence-corrected chi connectivity index (χ4v) is 4.38. The molecule has 2 aliphatic rings. The van der Waals surface area contributed by atoms with Gasteiger partial charge in [0.2, 0.25) is 5.88 Å². The SMILES string of the molecule is COCCNC1CCC(Nc2cc(-c3nccc(OCC4(C#N)CCOCC4)n3)ncn2)CC1. The van der Waals surface area contributed by atoms with Gasteiger partial charge in [-0.25, -0.2) is 15.0 Å². The molecule has 2 fully saturated rings. The summed E-state index contributed by atoms with van der Waals surface area (Å²) in [5, 5.41) is 16.7. The van der Waals surface area contributed by atoms with Gasteiger partial charge in [0, 0.05) is 57.3 Å². The molecule has 34 heavy (non-hydrogen) atoms. The zero-order chi connectivity index (χ0) is 23.6. The topological polar surface area (TPSA) is 127 Å². The van der Waals surface area contributed by atoms with Crippen LogP contribution in [0.5, 0.6) is 5.88 Å². The number of ether oxygens (including phenoxy) is 3. The van der Waals surface area contributed by atoms with E-state index in [0.29, 0.717) is 55.5 Å². The van der Waals surface area contributed by atoms with Crippen LogP contribution in [-0.4, -0.2) is 72.1 Å². The Balaban J connectivity index is 1.33. The van der Waals surface area contributed by atoms with E-state index in [9.17, 15) is 5.26 Å². The van der Waals surface area contributed by atoms with E-state index in [4.69, 9.17) is 14.2 Å². The highest BCUT2D eigenvalue weighted by molar-refractivity contribution is 5.55. The maximum Gasteiger partial charge on any atom is 0.216 e. The molecule has 4 rings (SSSR count). The molecule has 1 saturated carbocycles. The molecule has 10 nitrogen and oxygen atoms in total. The molecule has 182 valence electrons. The van der Waals surface area contributed by atoms with Gasteiger partial charge < -0.3 is 24.8 Å². The number of nitrogens with one attached hydrogen (secondary N) is 2. The van der Waals surface area contributed by atoms with Crippen LogP contribution < -0.4 is 15.4 Å². The first-order valence-electron chi connectivity index (χ1n) is 12.0. The third-order valence-electron chi connectivity index (χ3n) is 6.53. The van der Waals surface area contributed by atoms with Gasteiger partial charge in [0.1, 0.15) is 24.4 Å². The van der Waals surface area contributed by atoms with E-state index < -0.39 is 5.41 Å². The van der Waals surface area contributed by atoms with Crippen molar-refractivity contribution in [3.8, 4) is 23.5 Å². The molecule has 0 bridgehead atoms. The van der Waals surface area contributed by atoms with E-state index in [-0.39, 0.29) is 6.61 Å². The van der Waals surface area contributed by atoms with Crippen LogP contribution in [0.25, 0.3) is 11.5 Å². The molecule has 2 aromatic rings. The first-order valence-corrected chi connectivity index (χ1v) is 12.0. The third kappa shape index (κ3) is 6.59. The molecule has 0 spiro atoms. The minimum atomic E-state index is -0.534. The summed E-state index contributed by atoms with van der Waals surface area (Å²) in [6, 6.07) is 6.91. The van der Waals surface area contributed by atoms with Gasteiger partial charge >= 0.3 is 0 Å². The van der Waals surface area contributed by atoms with E-state index in [1.54, 1.807) is 19.4 Å². The first-order chi connectivity index (χ1) is 16.7. The van der Waals surface area contributed by atoms with Crippen LogP contribution in [0.4, 0.5) is 5.82 Å². The maximum atomic E-state index is 9.63. The van der Waals surface area contributed by atoms with Crippen LogP contribution in [0.2, 0.25) is 0 Å². The smallest absolute Gasteiger partial charge is 0.216 e. The first kappa shape index (κ1) is 24.3. The van der Waals surface area contributed by atoms with Gasteiger partial charge in [-0.15, -0.1) is 0 Å². The quantitative estimate of drug-likeness (QED) is 0.503. The van der Waals surface area contributed by atoms with Crippen LogP contribution in [0.15, 0.2) is 24.7 Å². The lowest BCUT2D eigenvalue weighted by atomic mass is 9.83. The number of nitriles is 1. The summed E-state index contributed by atoms with van der Waals surface area (Å²) in [6.45, 7) is 3.07.